The Morgan fingerprint density at radius 1 is 0.629 bits per heavy atom. The summed E-state index contributed by atoms with van der Waals surface area (Å²) in [6.07, 6.45) is 12.9. The molecule has 5 heteroatoms. The van der Waals surface area contributed by atoms with Crippen molar-refractivity contribution < 1.29 is 23.8 Å². The maximum Gasteiger partial charge on any atom is 0.343 e. The molecule has 0 fully saturated rings. The number of hydrogen-bond acceptors (Lipinski definition) is 5. The molecule has 0 amide bonds. The van der Waals surface area contributed by atoms with E-state index < -0.39 is 5.97 Å². The third-order valence-corrected chi connectivity index (χ3v) is 5.86. The molecule has 0 saturated carbocycles. The molecular weight excluding hydrogens is 440 g/mol. The highest BCUT2D eigenvalue weighted by Gasteiger charge is 2.12. The van der Waals surface area contributed by atoms with Crippen molar-refractivity contribution in [3.05, 3.63) is 54.1 Å². The molecular formula is C30H42O5. The Kier molecular flexibility index (Phi) is 13.6. The molecule has 0 aliphatic heterocycles. The molecule has 192 valence electrons. The Bertz CT molecular complexity index is 851. The van der Waals surface area contributed by atoms with Crippen molar-refractivity contribution in [3.8, 4) is 17.2 Å². The predicted molar refractivity (Wildman–Crippen MR) is 140 cm³/mol. The molecule has 5 nitrogen and oxygen atoms in total. The fourth-order valence-corrected chi connectivity index (χ4v) is 3.92. The zero-order chi connectivity index (χ0) is 25.3. The maximum atomic E-state index is 12.5. The number of rotatable bonds is 17. The van der Waals surface area contributed by atoms with Gasteiger partial charge in [-0.25, -0.2) is 4.79 Å². The van der Waals surface area contributed by atoms with Crippen LogP contribution in [0.15, 0.2) is 48.5 Å². The van der Waals surface area contributed by atoms with Crippen LogP contribution in [0.1, 0.15) is 108 Å². The fourth-order valence-electron chi connectivity index (χ4n) is 3.92. The molecule has 0 unspecified atom stereocenters. The van der Waals surface area contributed by atoms with E-state index in [1.165, 1.54) is 25.7 Å². The van der Waals surface area contributed by atoms with Gasteiger partial charge in [-0.2, -0.15) is 0 Å². The summed E-state index contributed by atoms with van der Waals surface area (Å²) in [5.74, 6) is 0.963. The minimum absolute atomic E-state index is 0.210. The molecule has 0 aromatic heterocycles. The zero-order valence-electron chi connectivity index (χ0n) is 21.7. The number of unbranched alkanes of at least 4 members (excludes halogenated alkanes) is 6. The van der Waals surface area contributed by atoms with Crippen LogP contribution < -0.4 is 14.2 Å². The Labute approximate surface area is 211 Å². The minimum atomic E-state index is -0.463. The highest BCUT2D eigenvalue weighted by molar-refractivity contribution is 5.91. The lowest BCUT2D eigenvalue weighted by Crippen LogP contribution is -2.15. The van der Waals surface area contributed by atoms with E-state index in [0.29, 0.717) is 23.5 Å². The van der Waals surface area contributed by atoms with Gasteiger partial charge in [-0.3, -0.25) is 4.79 Å². The number of esters is 2. The van der Waals surface area contributed by atoms with Gasteiger partial charge < -0.3 is 14.2 Å². The molecule has 2 aromatic carbocycles. The van der Waals surface area contributed by atoms with Gasteiger partial charge in [0.15, 0.2) is 0 Å². The molecule has 2 rings (SSSR count). The van der Waals surface area contributed by atoms with Crippen LogP contribution in [0.25, 0.3) is 0 Å². The Morgan fingerprint density at radius 3 is 1.74 bits per heavy atom. The number of benzene rings is 2. The van der Waals surface area contributed by atoms with Crippen molar-refractivity contribution in [2.24, 2.45) is 0 Å². The standard InChI is InChI=1S/C30H42O5/c1-4-7-8-9-10-11-12-15-29(31)34-27-18-16-24(17-19-27)30(32)35-28-22-20-26(21-23-28)33-25(13-5-2)14-6-3/h16-23,25H,4-15H2,1-3H3. The Balaban J connectivity index is 1.76. The summed E-state index contributed by atoms with van der Waals surface area (Å²) in [4.78, 5) is 24.5. The highest BCUT2D eigenvalue weighted by atomic mass is 16.5. The second-order valence-corrected chi connectivity index (χ2v) is 9.05. The summed E-state index contributed by atoms with van der Waals surface area (Å²) >= 11 is 0. The van der Waals surface area contributed by atoms with Gasteiger partial charge in [-0.1, -0.05) is 72.1 Å². The molecule has 2 aromatic rings. The first kappa shape index (κ1) is 28.4. The summed E-state index contributed by atoms with van der Waals surface area (Å²) in [6.45, 7) is 6.52. The first-order valence-corrected chi connectivity index (χ1v) is 13.3. The van der Waals surface area contributed by atoms with E-state index in [1.54, 1.807) is 36.4 Å². The first-order chi connectivity index (χ1) is 17.0. The van der Waals surface area contributed by atoms with E-state index >= 15 is 0 Å². The predicted octanol–water partition coefficient (Wildman–Crippen LogP) is 8.30. The second-order valence-electron chi connectivity index (χ2n) is 9.05. The first-order valence-electron chi connectivity index (χ1n) is 13.3. The van der Waals surface area contributed by atoms with E-state index in [9.17, 15) is 9.59 Å². The average Bonchev–Trinajstić information content (AvgIpc) is 2.85. The van der Waals surface area contributed by atoms with Crippen LogP contribution in [0.3, 0.4) is 0 Å². The summed E-state index contributed by atoms with van der Waals surface area (Å²) in [6, 6.07) is 13.6. The van der Waals surface area contributed by atoms with Gasteiger partial charge >= 0.3 is 11.9 Å². The molecule has 0 spiro atoms. The SMILES string of the molecule is CCCCCCCCCC(=O)Oc1ccc(C(=O)Oc2ccc(OC(CCC)CCC)cc2)cc1. The van der Waals surface area contributed by atoms with Crippen molar-refractivity contribution in [2.45, 2.75) is 104 Å². The highest BCUT2D eigenvalue weighted by Crippen LogP contribution is 2.22. The van der Waals surface area contributed by atoms with Gasteiger partial charge in [0.2, 0.25) is 0 Å². The third-order valence-electron chi connectivity index (χ3n) is 5.86. The third kappa shape index (κ3) is 11.4. The lowest BCUT2D eigenvalue weighted by molar-refractivity contribution is -0.134. The number of carbonyl (C=O) groups is 2. The van der Waals surface area contributed by atoms with E-state index in [4.69, 9.17) is 14.2 Å². The lowest BCUT2D eigenvalue weighted by Gasteiger charge is -2.18. The smallest absolute Gasteiger partial charge is 0.343 e. The van der Waals surface area contributed by atoms with Crippen molar-refractivity contribution in [1.29, 1.82) is 0 Å². The topological polar surface area (TPSA) is 61.8 Å². The van der Waals surface area contributed by atoms with Crippen molar-refractivity contribution in [1.82, 2.24) is 0 Å². The van der Waals surface area contributed by atoms with Gasteiger partial charge in [0.1, 0.15) is 17.2 Å². The van der Waals surface area contributed by atoms with Crippen LogP contribution in [-0.2, 0) is 4.79 Å². The van der Waals surface area contributed by atoms with Crippen LogP contribution in [0, 0.1) is 0 Å². The largest absolute Gasteiger partial charge is 0.490 e. The van der Waals surface area contributed by atoms with E-state index in [1.807, 2.05) is 12.1 Å². The van der Waals surface area contributed by atoms with Crippen LogP contribution in [0.2, 0.25) is 0 Å². The van der Waals surface area contributed by atoms with E-state index in [-0.39, 0.29) is 12.1 Å². The summed E-state index contributed by atoms with van der Waals surface area (Å²) in [5.41, 5.74) is 0.392. The van der Waals surface area contributed by atoms with E-state index in [0.717, 1.165) is 50.7 Å². The van der Waals surface area contributed by atoms with Gasteiger partial charge in [-0.05, 0) is 67.8 Å². The van der Waals surface area contributed by atoms with Crippen molar-refractivity contribution >= 4 is 11.9 Å². The average molecular weight is 483 g/mol. The van der Waals surface area contributed by atoms with Crippen molar-refractivity contribution in [2.75, 3.05) is 0 Å². The van der Waals surface area contributed by atoms with Gasteiger partial charge in [0, 0.05) is 6.42 Å². The lowest BCUT2D eigenvalue weighted by atomic mass is 10.1. The molecule has 0 bridgehead atoms. The van der Waals surface area contributed by atoms with Crippen molar-refractivity contribution in [3.63, 3.8) is 0 Å². The summed E-state index contributed by atoms with van der Waals surface area (Å²) < 4.78 is 16.9. The minimum Gasteiger partial charge on any atom is -0.490 e. The second kappa shape index (κ2) is 16.7. The monoisotopic (exact) mass is 482 g/mol. The molecule has 0 atom stereocenters. The van der Waals surface area contributed by atoms with Crippen LogP contribution in [0.4, 0.5) is 0 Å². The molecule has 35 heavy (non-hydrogen) atoms. The van der Waals surface area contributed by atoms with Gasteiger partial charge in [0.05, 0.1) is 11.7 Å². The Hall–Kier alpha value is -2.82. The molecule has 0 saturated heterocycles. The Morgan fingerprint density at radius 2 is 1.14 bits per heavy atom. The van der Waals surface area contributed by atoms with E-state index in [2.05, 4.69) is 20.8 Å². The summed E-state index contributed by atoms with van der Waals surface area (Å²) in [5, 5.41) is 0. The molecule has 0 radical (unpaired) electrons. The van der Waals surface area contributed by atoms with Gasteiger partial charge in [-0.15, -0.1) is 0 Å². The number of carbonyl (C=O) groups excluding carboxylic acids is 2. The molecule has 0 aliphatic rings. The van der Waals surface area contributed by atoms with Crippen LogP contribution in [0.5, 0.6) is 17.2 Å². The number of hydrogen-bond donors (Lipinski definition) is 0. The summed E-state index contributed by atoms with van der Waals surface area (Å²) in [7, 11) is 0. The number of ether oxygens (including phenoxy) is 3. The van der Waals surface area contributed by atoms with Crippen LogP contribution >= 0.6 is 0 Å². The normalized spacial score (nSPS) is 10.9. The maximum absolute atomic E-state index is 12.5. The van der Waals surface area contributed by atoms with Crippen LogP contribution in [-0.4, -0.2) is 18.0 Å². The quantitative estimate of drug-likeness (QED) is 0.129. The molecule has 0 heterocycles. The van der Waals surface area contributed by atoms with Gasteiger partial charge in [0.25, 0.3) is 0 Å². The fraction of sp³-hybridized carbons (Fsp3) is 0.533. The molecule has 0 aliphatic carbocycles. The zero-order valence-corrected chi connectivity index (χ0v) is 21.7. The molecule has 0 N–H and O–H groups in total.